The first kappa shape index (κ1) is 24.5. The highest BCUT2D eigenvalue weighted by atomic mass is 32.2. The second kappa shape index (κ2) is 11.7. The molecule has 1 atom stereocenters. The fourth-order valence-electron chi connectivity index (χ4n) is 4.81. The number of piperazine rings is 1. The van der Waals surface area contributed by atoms with Crippen LogP contribution in [0.5, 0.6) is 0 Å². The number of piperidine rings is 1. The predicted molar refractivity (Wildman–Crippen MR) is 129 cm³/mol. The molecule has 1 aromatic rings. The summed E-state index contributed by atoms with van der Waals surface area (Å²) >= 11 is 1.77. The minimum absolute atomic E-state index is 0.121. The number of imide groups is 1. The van der Waals surface area contributed by atoms with E-state index in [1.54, 1.807) is 16.7 Å². The third-order valence-electron chi connectivity index (χ3n) is 6.68. The van der Waals surface area contributed by atoms with Gasteiger partial charge in [0.2, 0.25) is 11.8 Å². The van der Waals surface area contributed by atoms with Crippen LogP contribution in [0, 0.1) is 0 Å². The van der Waals surface area contributed by atoms with E-state index < -0.39 is 6.04 Å². The van der Waals surface area contributed by atoms with Gasteiger partial charge >= 0.3 is 0 Å². The van der Waals surface area contributed by atoms with Gasteiger partial charge in [-0.2, -0.15) is 0 Å². The predicted octanol–water partition coefficient (Wildman–Crippen LogP) is 2.25. The molecule has 182 valence electrons. The highest BCUT2D eigenvalue weighted by molar-refractivity contribution is 7.99. The molecule has 3 amide bonds. The summed E-state index contributed by atoms with van der Waals surface area (Å²) in [6, 6.07) is 5.22. The van der Waals surface area contributed by atoms with Crippen LogP contribution in [0.1, 0.15) is 41.6 Å². The molecule has 1 aromatic carbocycles. The van der Waals surface area contributed by atoms with Crippen molar-refractivity contribution in [3.05, 3.63) is 39.8 Å². The number of carbonyl (C=O) groups is 3. The summed E-state index contributed by atoms with van der Waals surface area (Å²) < 4.78 is 0. The van der Waals surface area contributed by atoms with Crippen molar-refractivity contribution in [3.8, 4) is 0 Å². The van der Waals surface area contributed by atoms with Crippen LogP contribution in [-0.2, 0) is 16.1 Å². The normalized spacial score (nSPS) is 21.4. The highest BCUT2D eigenvalue weighted by Crippen LogP contribution is 2.34. The molecule has 3 aliphatic heterocycles. The van der Waals surface area contributed by atoms with Crippen LogP contribution in [0.2, 0.25) is 0 Å². The fraction of sp³-hybridized carbons (Fsp3) is 0.609. The van der Waals surface area contributed by atoms with Gasteiger partial charge in [0.15, 0.2) is 0 Å². The number of fused-ring (bicyclic) bond motifs is 1. The highest BCUT2D eigenvalue weighted by Gasteiger charge is 2.39. The number of rotatable bonds is 10. The Kier molecular flexibility index (Phi) is 8.44. The van der Waals surface area contributed by atoms with Crippen molar-refractivity contribution in [1.82, 2.24) is 20.0 Å². The van der Waals surface area contributed by atoms with Crippen LogP contribution in [0.3, 0.4) is 0 Å². The molecule has 0 radical (unpaired) electrons. The zero-order chi connectivity index (χ0) is 23.9. The maximum Gasteiger partial charge on any atom is 0.255 e. The molecule has 11 heteroatoms. The lowest BCUT2D eigenvalue weighted by Crippen LogP contribution is -2.52. The summed E-state index contributed by atoms with van der Waals surface area (Å²) in [6.45, 7) is 7.23. The standard InChI is InChI=1S/C23H31N7O3S/c24-27-25-8-2-9-28-11-13-29(14-12-28)10-3-15-34-20-5-1-4-17-18(20)16-30(23(17)33)19-6-7-21(31)26-22(19)32/h1,4-5,19H,2-3,6-16H2,(H,26,31,32). The maximum atomic E-state index is 13.0. The number of nitrogens with one attached hydrogen (secondary N) is 1. The number of nitrogens with zero attached hydrogens (tertiary/aromatic N) is 6. The van der Waals surface area contributed by atoms with Gasteiger partial charge in [0.05, 0.1) is 0 Å². The lowest BCUT2D eigenvalue weighted by molar-refractivity contribution is -0.136. The monoisotopic (exact) mass is 485 g/mol. The molecule has 0 bridgehead atoms. The quantitative estimate of drug-likeness (QED) is 0.135. The third kappa shape index (κ3) is 5.90. The van der Waals surface area contributed by atoms with E-state index in [0.29, 0.717) is 25.1 Å². The molecule has 3 heterocycles. The van der Waals surface area contributed by atoms with Crippen LogP contribution >= 0.6 is 11.8 Å². The van der Waals surface area contributed by atoms with Crippen molar-refractivity contribution in [2.24, 2.45) is 5.11 Å². The Bertz CT molecular complexity index is 973. The molecular weight excluding hydrogens is 454 g/mol. The molecule has 1 unspecified atom stereocenters. The van der Waals surface area contributed by atoms with E-state index >= 15 is 0 Å². The summed E-state index contributed by atoms with van der Waals surface area (Å²) in [4.78, 5) is 47.1. The summed E-state index contributed by atoms with van der Waals surface area (Å²) in [5.74, 6) is 0.204. The molecular formula is C23H31N7O3S. The number of amides is 3. The molecule has 34 heavy (non-hydrogen) atoms. The molecule has 1 N–H and O–H groups in total. The smallest absolute Gasteiger partial charge is 0.255 e. The van der Waals surface area contributed by atoms with Gasteiger partial charge in [-0.05, 0) is 61.3 Å². The Labute approximate surface area is 203 Å². The number of hydrogen-bond acceptors (Lipinski definition) is 7. The SMILES string of the molecule is [N-]=[N+]=NCCCN1CCN(CCCSc2cccc3c2CN(C2CCC(=O)NC2=O)C3=O)CC1. The lowest BCUT2D eigenvalue weighted by Gasteiger charge is -2.34. The zero-order valence-corrected chi connectivity index (χ0v) is 20.1. The van der Waals surface area contributed by atoms with Gasteiger partial charge in [-0.1, -0.05) is 11.2 Å². The second-order valence-electron chi connectivity index (χ2n) is 8.88. The molecule has 3 aliphatic rings. The van der Waals surface area contributed by atoms with E-state index in [0.717, 1.165) is 68.3 Å². The maximum absolute atomic E-state index is 13.0. The van der Waals surface area contributed by atoms with Gasteiger partial charge in [-0.3, -0.25) is 19.7 Å². The van der Waals surface area contributed by atoms with Crippen molar-refractivity contribution >= 4 is 29.5 Å². The van der Waals surface area contributed by atoms with Crippen molar-refractivity contribution < 1.29 is 14.4 Å². The van der Waals surface area contributed by atoms with E-state index in [1.807, 2.05) is 12.1 Å². The Balaban J connectivity index is 1.22. The molecule has 2 fully saturated rings. The van der Waals surface area contributed by atoms with Crippen molar-refractivity contribution in [2.45, 2.75) is 43.2 Å². The fourth-order valence-corrected chi connectivity index (χ4v) is 5.83. The number of hydrogen-bond donors (Lipinski definition) is 1. The van der Waals surface area contributed by atoms with Crippen molar-refractivity contribution in [3.63, 3.8) is 0 Å². The minimum atomic E-state index is -0.576. The van der Waals surface area contributed by atoms with E-state index in [9.17, 15) is 14.4 Å². The number of carbonyl (C=O) groups excluding carboxylic acids is 3. The Morgan fingerprint density at radius 2 is 1.82 bits per heavy atom. The number of azide groups is 1. The first-order valence-electron chi connectivity index (χ1n) is 11.9. The zero-order valence-electron chi connectivity index (χ0n) is 19.3. The summed E-state index contributed by atoms with van der Waals surface area (Å²) in [5.41, 5.74) is 10.0. The van der Waals surface area contributed by atoms with Gasteiger partial charge in [-0.15, -0.1) is 11.8 Å². The van der Waals surface area contributed by atoms with Crippen LogP contribution in [0.25, 0.3) is 10.4 Å². The van der Waals surface area contributed by atoms with Crippen LogP contribution in [-0.4, -0.2) is 90.0 Å². The molecule has 0 aromatic heterocycles. The van der Waals surface area contributed by atoms with Crippen LogP contribution in [0.15, 0.2) is 28.2 Å². The van der Waals surface area contributed by atoms with E-state index in [1.165, 1.54) is 0 Å². The third-order valence-corrected chi connectivity index (χ3v) is 7.86. The number of benzene rings is 1. The molecule has 10 nitrogen and oxygen atoms in total. The molecule has 0 spiro atoms. The van der Waals surface area contributed by atoms with Crippen LogP contribution < -0.4 is 5.32 Å². The Morgan fingerprint density at radius 3 is 2.53 bits per heavy atom. The average Bonchev–Trinajstić information content (AvgIpc) is 3.17. The van der Waals surface area contributed by atoms with E-state index in [4.69, 9.17) is 5.53 Å². The summed E-state index contributed by atoms with van der Waals surface area (Å²) in [5, 5.41) is 5.95. The number of thioether (sulfide) groups is 1. The molecule has 0 aliphatic carbocycles. The van der Waals surface area contributed by atoms with Crippen LogP contribution in [0.4, 0.5) is 0 Å². The first-order chi connectivity index (χ1) is 16.6. The van der Waals surface area contributed by atoms with Crippen molar-refractivity contribution in [2.75, 3.05) is 51.6 Å². The van der Waals surface area contributed by atoms with Gasteiger partial charge in [0.1, 0.15) is 6.04 Å². The van der Waals surface area contributed by atoms with Crippen molar-refractivity contribution in [1.29, 1.82) is 0 Å². The van der Waals surface area contributed by atoms with Gasteiger partial charge in [-0.25, -0.2) is 0 Å². The van der Waals surface area contributed by atoms with Gasteiger partial charge < -0.3 is 14.7 Å². The van der Waals surface area contributed by atoms with Gasteiger partial charge in [0, 0.05) is 61.1 Å². The Hall–Kier alpha value is -2.59. The lowest BCUT2D eigenvalue weighted by atomic mass is 10.0. The largest absolute Gasteiger partial charge is 0.322 e. The summed E-state index contributed by atoms with van der Waals surface area (Å²) in [7, 11) is 0. The second-order valence-corrected chi connectivity index (χ2v) is 10.0. The first-order valence-corrected chi connectivity index (χ1v) is 12.9. The van der Waals surface area contributed by atoms with E-state index in [2.05, 4.69) is 31.2 Å². The average molecular weight is 486 g/mol. The van der Waals surface area contributed by atoms with Gasteiger partial charge in [0.25, 0.3) is 5.91 Å². The van der Waals surface area contributed by atoms with E-state index in [-0.39, 0.29) is 24.1 Å². The minimum Gasteiger partial charge on any atom is -0.322 e. The molecule has 4 rings (SSSR count). The Morgan fingerprint density at radius 1 is 1.09 bits per heavy atom. The summed E-state index contributed by atoms with van der Waals surface area (Å²) in [6.07, 6.45) is 2.62. The molecule has 0 saturated carbocycles. The molecule has 2 saturated heterocycles. The topological polar surface area (TPSA) is 122 Å².